The summed E-state index contributed by atoms with van der Waals surface area (Å²) in [5.74, 6) is -0.283. The molecular weight excluding hydrogens is 436 g/mol. The molecule has 4 aromatic rings. The molecule has 0 saturated carbocycles. The van der Waals surface area contributed by atoms with Gasteiger partial charge in [-0.15, -0.1) is 11.3 Å². The number of thiophene rings is 1. The summed E-state index contributed by atoms with van der Waals surface area (Å²) >= 11 is 1.60. The number of benzene rings is 1. The smallest absolute Gasteiger partial charge is 0.259 e. The molecule has 0 radical (unpaired) electrons. The molecule has 3 aromatic heterocycles. The van der Waals surface area contributed by atoms with Gasteiger partial charge >= 0.3 is 0 Å². The third-order valence-electron chi connectivity index (χ3n) is 6.06. The summed E-state index contributed by atoms with van der Waals surface area (Å²) < 4.78 is 5.40. The van der Waals surface area contributed by atoms with Crippen LogP contribution in [0.15, 0.2) is 40.9 Å². The minimum absolute atomic E-state index is 0.0117. The summed E-state index contributed by atoms with van der Waals surface area (Å²) in [7, 11) is 0. The summed E-state index contributed by atoms with van der Waals surface area (Å²) in [4.78, 5) is 35.0. The molecule has 2 amide bonds. The molecule has 1 aliphatic heterocycles. The lowest BCUT2D eigenvalue weighted by Crippen LogP contribution is -2.28. The van der Waals surface area contributed by atoms with Gasteiger partial charge in [0.25, 0.3) is 17.5 Å². The average Bonchev–Trinajstić information content (AvgIpc) is 3.56. The highest BCUT2D eigenvalue weighted by Crippen LogP contribution is 2.32. The predicted molar refractivity (Wildman–Crippen MR) is 129 cm³/mol. The van der Waals surface area contributed by atoms with Crippen LogP contribution >= 0.6 is 11.3 Å². The minimum Gasteiger partial charge on any atom is -0.339 e. The molecule has 5 rings (SSSR count). The normalized spacial score (nSPS) is 13.6. The zero-order chi connectivity index (χ0) is 23.1. The van der Waals surface area contributed by atoms with E-state index in [2.05, 4.69) is 15.5 Å². The number of hydrogen-bond donors (Lipinski definition) is 1. The molecule has 1 saturated heterocycles. The van der Waals surface area contributed by atoms with Crippen LogP contribution in [-0.2, 0) is 0 Å². The maximum Gasteiger partial charge on any atom is 0.259 e. The second kappa shape index (κ2) is 8.44. The van der Waals surface area contributed by atoms with Crippen molar-refractivity contribution < 1.29 is 14.1 Å². The van der Waals surface area contributed by atoms with Crippen molar-refractivity contribution in [3.8, 4) is 10.6 Å². The summed E-state index contributed by atoms with van der Waals surface area (Å²) in [6, 6.07) is 11.2. The van der Waals surface area contributed by atoms with E-state index in [0.29, 0.717) is 39.3 Å². The molecule has 1 aliphatic rings. The van der Waals surface area contributed by atoms with Crippen LogP contribution in [-0.4, -0.2) is 39.9 Å². The minimum atomic E-state index is -0.294. The second-order valence-electron chi connectivity index (χ2n) is 8.35. The van der Waals surface area contributed by atoms with Gasteiger partial charge in [-0.25, -0.2) is 4.98 Å². The van der Waals surface area contributed by atoms with Gasteiger partial charge in [0.15, 0.2) is 0 Å². The molecule has 0 spiro atoms. The molecule has 33 heavy (non-hydrogen) atoms. The van der Waals surface area contributed by atoms with Gasteiger partial charge in [0.1, 0.15) is 0 Å². The Labute approximate surface area is 195 Å². The van der Waals surface area contributed by atoms with E-state index in [0.717, 1.165) is 41.2 Å². The Balaban J connectivity index is 1.51. The van der Waals surface area contributed by atoms with Gasteiger partial charge in [0, 0.05) is 29.2 Å². The van der Waals surface area contributed by atoms with E-state index < -0.39 is 0 Å². The number of fused-ring (bicyclic) bond motifs is 1. The maximum absolute atomic E-state index is 13.5. The quantitative estimate of drug-likeness (QED) is 0.443. The molecule has 0 aliphatic carbocycles. The molecule has 4 heterocycles. The fourth-order valence-electron chi connectivity index (χ4n) is 4.26. The topological polar surface area (TPSA) is 88.3 Å². The molecule has 7 nitrogen and oxygen atoms in total. The van der Waals surface area contributed by atoms with E-state index in [4.69, 9.17) is 4.52 Å². The fourth-order valence-corrected chi connectivity index (χ4v) is 5.08. The Bertz CT molecular complexity index is 1380. The highest BCUT2D eigenvalue weighted by Gasteiger charge is 2.24. The van der Waals surface area contributed by atoms with E-state index in [1.165, 1.54) is 0 Å². The number of hydrogen-bond acceptors (Lipinski definition) is 6. The first-order valence-corrected chi connectivity index (χ1v) is 11.8. The molecule has 1 aromatic carbocycles. The lowest BCUT2D eigenvalue weighted by Gasteiger charge is -2.18. The predicted octanol–water partition coefficient (Wildman–Crippen LogP) is 5.36. The highest BCUT2D eigenvalue weighted by molar-refractivity contribution is 7.15. The third-order valence-corrected chi connectivity index (χ3v) is 7.08. The zero-order valence-electron chi connectivity index (χ0n) is 18.8. The van der Waals surface area contributed by atoms with Crippen molar-refractivity contribution in [2.45, 2.75) is 33.6 Å². The first-order valence-electron chi connectivity index (χ1n) is 11.0. The molecule has 168 valence electrons. The SMILES string of the molecule is Cc1ccc(-c2cc(C(=O)Nc3cccc(C(=O)N4CCCC4)c3C)c3c(C)noc3n2)s1. The van der Waals surface area contributed by atoms with Gasteiger partial charge in [-0.2, -0.15) is 0 Å². The van der Waals surface area contributed by atoms with Crippen LogP contribution in [0.2, 0.25) is 0 Å². The highest BCUT2D eigenvalue weighted by atomic mass is 32.1. The van der Waals surface area contributed by atoms with Gasteiger partial charge in [-0.3, -0.25) is 9.59 Å². The number of nitrogens with zero attached hydrogens (tertiary/aromatic N) is 3. The summed E-state index contributed by atoms with van der Waals surface area (Å²) in [6.45, 7) is 7.24. The Morgan fingerprint density at radius 1 is 1.06 bits per heavy atom. The number of aryl methyl sites for hydroxylation is 2. The molecular formula is C25H24N4O3S. The molecule has 0 unspecified atom stereocenters. The van der Waals surface area contributed by atoms with E-state index in [1.807, 2.05) is 43.0 Å². The van der Waals surface area contributed by atoms with Crippen LogP contribution in [0.25, 0.3) is 21.7 Å². The van der Waals surface area contributed by atoms with Crippen molar-refractivity contribution >= 4 is 39.9 Å². The molecule has 1 fully saturated rings. The standard InChI is InChI=1S/C25H24N4O3S/c1-14-9-10-21(33-14)20-13-18(22-16(3)28-32-24(22)27-20)23(30)26-19-8-6-7-17(15(19)2)25(31)29-11-4-5-12-29/h6-10,13H,4-5,11-12H2,1-3H3,(H,26,30). The van der Waals surface area contributed by atoms with Crippen LogP contribution in [0, 0.1) is 20.8 Å². The van der Waals surface area contributed by atoms with E-state index >= 15 is 0 Å². The van der Waals surface area contributed by atoms with Gasteiger partial charge < -0.3 is 14.7 Å². The molecule has 8 heteroatoms. The Morgan fingerprint density at radius 3 is 2.58 bits per heavy atom. The monoisotopic (exact) mass is 460 g/mol. The van der Waals surface area contributed by atoms with Crippen molar-refractivity contribution in [1.82, 2.24) is 15.0 Å². The van der Waals surface area contributed by atoms with Crippen molar-refractivity contribution in [2.75, 3.05) is 18.4 Å². The van der Waals surface area contributed by atoms with Crippen LogP contribution in [0.5, 0.6) is 0 Å². The number of carbonyl (C=O) groups is 2. The van der Waals surface area contributed by atoms with Crippen molar-refractivity contribution in [2.24, 2.45) is 0 Å². The number of nitrogens with one attached hydrogen (secondary N) is 1. The molecule has 0 bridgehead atoms. The number of carbonyl (C=O) groups excluding carboxylic acids is 2. The Hall–Kier alpha value is -3.52. The zero-order valence-corrected chi connectivity index (χ0v) is 19.6. The van der Waals surface area contributed by atoms with Crippen LogP contribution in [0.4, 0.5) is 5.69 Å². The number of likely N-dealkylation sites (tertiary alicyclic amines) is 1. The first kappa shape index (κ1) is 21.3. The van der Waals surface area contributed by atoms with Gasteiger partial charge in [-0.1, -0.05) is 11.2 Å². The summed E-state index contributed by atoms with van der Waals surface area (Å²) in [6.07, 6.45) is 2.06. The number of aromatic nitrogens is 2. The van der Waals surface area contributed by atoms with Crippen LogP contribution < -0.4 is 5.32 Å². The van der Waals surface area contributed by atoms with Gasteiger partial charge in [0.05, 0.1) is 27.2 Å². The largest absolute Gasteiger partial charge is 0.339 e. The lowest BCUT2D eigenvalue weighted by molar-refractivity contribution is 0.0791. The van der Waals surface area contributed by atoms with Gasteiger partial charge in [0.2, 0.25) is 0 Å². The molecule has 1 N–H and O–H groups in total. The van der Waals surface area contributed by atoms with Crippen LogP contribution in [0.3, 0.4) is 0 Å². The van der Waals surface area contributed by atoms with Crippen LogP contribution in [0.1, 0.15) is 49.7 Å². The van der Waals surface area contributed by atoms with Crippen molar-refractivity contribution in [1.29, 1.82) is 0 Å². The summed E-state index contributed by atoms with van der Waals surface area (Å²) in [5.41, 5.74) is 4.02. The Morgan fingerprint density at radius 2 is 1.85 bits per heavy atom. The maximum atomic E-state index is 13.5. The first-order chi connectivity index (χ1) is 15.9. The second-order valence-corrected chi connectivity index (χ2v) is 9.63. The molecule has 0 atom stereocenters. The van der Waals surface area contributed by atoms with Crippen molar-refractivity contribution in [3.63, 3.8) is 0 Å². The van der Waals surface area contributed by atoms with E-state index in [9.17, 15) is 9.59 Å². The third kappa shape index (κ3) is 3.91. The van der Waals surface area contributed by atoms with E-state index in [1.54, 1.807) is 30.4 Å². The van der Waals surface area contributed by atoms with E-state index in [-0.39, 0.29) is 11.8 Å². The average molecular weight is 461 g/mol. The number of pyridine rings is 1. The van der Waals surface area contributed by atoms with Crippen molar-refractivity contribution in [3.05, 3.63) is 63.7 Å². The Kier molecular flexibility index (Phi) is 5.46. The number of anilines is 1. The number of amides is 2. The van der Waals surface area contributed by atoms with Gasteiger partial charge in [-0.05, 0) is 69.5 Å². The number of rotatable bonds is 4. The fraction of sp³-hybridized carbons (Fsp3) is 0.280. The summed E-state index contributed by atoms with van der Waals surface area (Å²) in [5, 5.41) is 7.61. The lowest BCUT2D eigenvalue weighted by atomic mass is 10.0.